The number of hydrogen-bond donors (Lipinski definition) is 2. The molecule has 7 heteroatoms. The summed E-state index contributed by atoms with van der Waals surface area (Å²) in [6.45, 7) is 4.40. The lowest BCUT2D eigenvalue weighted by Crippen LogP contribution is -2.32. The van der Waals surface area contributed by atoms with Crippen LogP contribution < -0.4 is 10.2 Å². The van der Waals surface area contributed by atoms with Gasteiger partial charge in [0.25, 0.3) is 5.91 Å². The topological polar surface area (TPSA) is 87.1 Å². The minimum atomic E-state index is -0.184. The molecule has 4 rings (SSSR count). The molecule has 0 bridgehead atoms. The molecule has 3 aromatic heterocycles. The number of aromatic amines is 1. The molecule has 1 aliphatic carbocycles. The van der Waals surface area contributed by atoms with Crippen LogP contribution in [-0.2, 0) is 6.54 Å². The summed E-state index contributed by atoms with van der Waals surface area (Å²) in [5.74, 6) is 1.11. The SMILES string of the molecule is Cc1oc2ncnc(N(C)C3(C)CC3)c2c1C(=O)NCc1ccc[nH]1. The van der Waals surface area contributed by atoms with Crippen molar-refractivity contribution in [1.82, 2.24) is 20.3 Å². The Morgan fingerprint density at radius 1 is 1.44 bits per heavy atom. The molecule has 1 saturated carbocycles. The zero-order valence-electron chi connectivity index (χ0n) is 14.6. The van der Waals surface area contributed by atoms with Gasteiger partial charge in [0.2, 0.25) is 5.71 Å². The van der Waals surface area contributed by atoms with Crippen LogP contribution in [0.5, 0.6) is 0 Å². The Morgan fingerprint density at radius 3 is 2.92 bits per heavy atom. The molecule has 1 aliphatic rings. The fraction of sp³-hybridized carbons (Fsp3) is 0.389. The van der Waals surface area contributed by atoms with Crippen LogP contribution in [0.3, 0.4) is 0 Å². The van der Waals surface area contributed by atoms with Crippen LogP contribution in [0.25, 0.3) is 11.1 Å². The van der Waals surface area contributed by atoms with Gasteiger partial charge in [-0.3, -0.25) is 4.79 Å². The van der Waals surface area contributed by atoms with Gasteiger partial charge in [0.1, 0.15) is 17.9 Å². The molecule has 25 heavy (non-hydrogen) atoms. The van der Waals surface area contributed by atoms with Gasteiger partial charge in [-0.25, -0.2) is 9.97 Å². The van der Waals surface area contributed by atoms with Gasteiger partial charge >= 0.3 is 0 Å². The van der Waals surface area contributed by atoms with Crippen LogP contribution >= 0.6 is 0 Å². The van der Waals surface area contributed by atoms with Crippen LogP contribution in [0.15, 0.2) is 29.1 Å². The number of hydrogen-bond acceptors (Lipinski definition) is 5. The van der Waals surface area contributed by atoms with Gasteiger partial charge < -0.3 is 19.6 Å². The summed E-state index contributed by atoms with van der Waals surface area (Å²) >= 11 is 0. The third kappa shape index (κ3) is 2.65. The van der Waals surface area contributed by atoms with E-state index in [2.05, 4.69) is 32.1 Å². The van der Waals surface area contributed by atoms with Crippen molar-refractivity contribution in [3.05, 3.63) is 41.7 Å². The molecule has 1 fully saturated rings. The van der Waals surface area contributed by atoms with E-state index >= 15 is 0 Å². The van der Waals surface area contributed by atoms with Crippen LogP contribution in [0.1, 0.15) is 41.6 Å². The first-order valence-corrected chi connectivity index (χ1v) is 8.38. The van der Waals surface area contributed by atoms with E-state index in [4.69, 9.17) is 4.42 Å². The lowest BCUT2D eigenvalue weighted by atomic mass is 10.1. The second kappa shape index (κ2) is 5.61. The predicted molar refractivity (Wildman–Crippen MR) is 94.5 cm³/mol. The Hall–Kier alpha value is -2.83. The molecule has 2 N–H and O–H groups in total. The lowest BCUT2D eigenvalue weighted by Gasteiger charge is -2.26. The molecule has 0 aliphatic heterocycles. The Morgan fingerprint density at radius 2 is 2.24 bits per heavy atom. The maximum Gasteiger partial charge on any atom is 0.255 e. The Labute approximate surface area is 145 Å². The van der Waals surface area contributed by atoms with Crippen molar-refractivity contribution in [2.45, 2.75) is 38.8 Å². The largest absolute Gasteiger partial charge is 0.442 e. The molecule has 3 aromatic rings. The first kappa shape index (κ1) is 15.7. The molecule has 1 amide bonds. The highest BCUT2D eigenvalue weighted by Crippen LogP contribution is 2.44. The summed E-state index contributed by atoms with van der Waals surface area (Å²) < 4.78 is 5.73. The van der Waals surface area contributed by atoms with Crippen LogP contribution in [-0.4, -0.2) is 33.4 Å². The molecule has 130 valence electrons. The van der Waals surface area contributed by atoms with Crippen molar-refractivity contribution < 1.29 is 9.21 Å². The fourth-order valence-electron chi connectivity index (χ4n) is 3.07. The number of amides is 1. The summed E-state index contributed by atoms with van der Waals surface area (Å²) in [6, 6.07) is 3.83. The normalized spacial score (nSPS) is 15.3. The summed E-state index contributed by atoms with van der Waals surface area (Å²) in [6.07, 6.45) is 5.54. The average Bonchev–Trinajstić information content (AvgIpc) is 3.01. The lowest BCUT2D eigenvalue weighted by molar-refractivity contribution is 0.0950. The molecule has 0 atom stereocenters. The minimum Gasteiger partial charge on any atom is -0.442 e. The molecule has 0 radical (unpaired) electrons. The number of aromatic nitrogens is 3. The zero-order chi connectivity index (χ0) is 17.6. The predicted octanol–water partition coefficient (Wildman–Crippen LogP) is 2.78. The number of furan rings is 1. The standard InChI is InChI=1S/C18H21N5O2/c1-11-13(16(24)20-9-12-5-4-8-19-12)14-15(21-10-22-17(14)25-11)23(3)18(2)6-7-18/h4-5,8,10,19H,6-7,9H2,1-3H3,(H,20,24). The number of aryl methyl sites for hydroxylation is 1. The summed E-state index contributed by atoms with van der Waals surface area (Å²) in [4.78, 5) is 26.7. The van der Waals surface area contributed by atoms with Gasteiger partial charge in [0.15, 0.2) is 0 Å². The molecule has 0 spiro atoms. The van der Waals surface area contributed by atoms with Crippen molar-refractivity contribution >= 4 is 22.8 Å². The molecule has 3 heterocycles. The number of carbonyl (C=O) groups excluding carboxylic acids is 1. The minimum absolute atomic E-state index is 0.0878. The summed E-state index contributed by atoms with van der Waals surface area (Å²) in [5.41, 5.74) is 1.99. The maximum absolute atomic E-state index is 12.8. The van der Waals surface area contributed by atoms with Crippen LogP contribution in [0.2, 0.25) is 0 Å². The number of H-pyrrole nitrogens is 1. The quantitative estimate of drug-likeness (QED) is 0.746. The van der Waals surface area contributed by atoms with E-state index in [1.165, 1.54) is 6.33 Å². The molecular formula is C18H21N5O2. The van der Waals surface area contributed by atoms with E-state index in [0.717, 1.165) is 24.4 Å². The third-order valence-electron chi connectivity index (χ3n) is 5.07. The first-order chi connectivity index (χ1) is 12.0. The number of rotatable bonds is 5. The van der Waals surface area contributed by atoms with Crippen molar-refractivity contribution in [2.75, 3.05) is 11.9 Å². The Kier molecular flexibility index (Phi) is 3.52. The highest BCUT2D eigenvalue weighted by molar-refractivity contribution is 6.10. The van der Waals surface area contributed by atoms with Crippen molar-refractivity contribution in [3.8, 4) is 0 Å². The van der Waals surface area contributed by atoms with E-state index in [0.29, 0.717) is 29.0 Å². The monoisotopic (exact) mass is 339 g/mol. The Balaban J connectivity index is 1.72. The van der Waals surface area contributed by atoms with E-state index in [-0.39, 0.29) is 11.4 Å². The highest BCUT2D eigenvalue weighted by Gasteiger charge is 2.43. The summed E-state index contributed by atoms with van der Waals surface area (Å²) in [5, 5.41) is 3.62. The molecule has 7 nitrogen and oxygen atoms in total. The molecular weight excluding hydrogens is 318 g/mol. The fourth-order valence-corrected chi connectivity index (χ4v) is 3.07. The number of nitrogens with one attached hydrogen (secondary N) is 2. The van der Waals surface area contributed by atoms with Crippen molar-refractivity contribution in [1.29, 1.82) is 0 Å². The number of carbonyl (C=O) groups is 1. The van der Waals surface area contributed by atoms with Crippen LogP contribution in [0.4, 0.5) is 5.82 Å². The van der Waals surface area contributed by atoms with E-state index < -0.39 is 0 Å². The number of fused-ring (bicyclic) bond motifs is 1. The third-order valence-corrected chi connectivity index (χ3v) is 5.07. The van der Waals surface area contributed by atoms with Gasteiger partial charge in [-0.05, 0) is 38.8 Å². The van der Waals surface area contributed by atoms with E-state index in [1.807, 2.05) is 25.4 Å². The smallest absolute Gasteiger partial charge is 0.255 e. The first-order valence-electron chi connectivity index (χ1n) is 8.38. The molecule has 0 unspecified atom stereocenters. The van der Waals surface area contributed by atoms with E-state index in [9.17, 15) is 4.79 Å². The van der Waals surface area contributed by atoms with Gasteiger partial charge in [-0.2, -0.15) is 0 Å². The zero-order valence-corrected chi connectivity index (χ0v) is 14.6. The van der Waals surface area contributed by atoms with Crippen LogP contribution in [0, 0.1) is 6.92 Å². The Bertz CT molecular complexity index is 924. The highest BCUT2D eigenvalue weighted by atomic mass is 16.3. The summed E-state index contributed by atoms with van der Waals surface area (Å²) in [7, 11) is 2.01. The van der Waals surface area contributed by atoms with Gasteiger partial charge in [0, 0.05) is 24.5 Å². The van der Waals surface area contributed by atoms with Gasteiger partial charge in [0.05, 0.1) is 17.5 Å². The average molecular weight is 339 g/mol. The second-order valence-corrected chi connectivity index (χ2v) is 6.84. The van der Waals surface area contributed by atoms with Crippen molar-refractivity contribution in [3.63, 3.8) is 0 Å². The van der Waals surface area contributed by atoms with Crippen molar-refractivity contribution in [2.24, 2.45) is 0 Å². The van der Waals surface area contributed by atoms with Gasteiger partial charge in [-0.15, -0.1) is 0 Å². The maximum atomic E-state index is 12.8. The molecule has 0 aromatic carbocycles. The second-order valence-electron chi connectivity index (χ2n) is 6.84. The van der Waals surface area contributed by atoms with Gasteiger partial charge in [-0.1, -0.05) is 0 Å². The number of anilines is 1. The molecule has 0 saturated heterocycles. The van der Waals surface area contributed by atoms with E-state index in [1.54, 1.807) is 6.92 Å². The number of nitrogens with zero attached hydrogens (tertiary/aromatic N) is 3.